The Hall–Kier alpha value is -0.390. The van der Waals surface area contributed by atoms with E-state index in [0.717, 1.165) is 25.7 Å². The third-order valence-corrected chi connectivity index (χ3v) is 12.8. The molecule has 0 spiro atoms. The average Bonchev–Trinajstić information content (AvgIpc) is 3.14. The minimum absolute atomic E-state index is 0.0775. The summed E-state index contributed by atoms with van der Waals surface area (Å²) in [5.41, 5.74) is -0.413. The summed E-state index contributed by atoms with van der Waals surface area (Å²) >= 11 is 0. The van der Waals surface area contributed by atoms with E-state index in [0.29, 0.717) is 32.1 Å². The second-order valence-electron chi connectivity index (χ2n) is 13.1. The van der Waals surface area contributed by atoms with E-state index in [-0.39, 0.29) is 58.9 Å². The topological polar surface area (TPSA) is 191 Å². The molecule has 3 N–H and O–H groups in total. The molecule has 4 saturated carbocycles. The molecule has 0 bridgehead atoms. The maximum Gasteiger partial charge on any atom is 0.397 e. The highest BCUT2D eigenvalue weighted by Gasteiger charge is 2.66. The van der Waals surface area contributed by atoms with Crippen LogP contribution in [0.25, 0.3) is 0 Å². The van der Waals surface area contributed by atoms with Gasteiger partial charge in [-0.25, -0.2) is 12.5 Å². The molecule has 40 heavy (non-hydrogen) atoms. The van der Waals surface area contributed by atoms with Crippen LogP contribution in [0, 0.1) is 52.3 Å². The quantitative estimate of drug-likeness (QED) is 0.293. The predicted octanol–water partition coefficient (Wildman–Crippen LogP) is 4.11. The van der Waals surface area contributed by atoms with Crippen molar-refractivity contribution < 1.29 is 51.5 Å². The van der Waals surface area contributed by atoms with Gasteiger partial charge < -0.3 is 0 Å². The Morgan fingerprint density at radius 2 is 1.40 bits per heavy atom. The normalized spacial score (nSPS) is 43.0. The fraction of sp³-hybridized carbons (Fsp3) is 1.00. The Morgan fingerprint density at radius 3 is 1.98 bits per heavy atom. The summed E-state index contributed by atoms with van der Waals surface area (Å²) in [6.07, 6.45) is 4.32. The molecule has 12 nitrogen and oxygen atoms in total. The van der Waals surface area contributed by atoms with Crippen molar-refractivity contribution in [3.63, 3.8) is 0 Å². The number of hydrogen-bond acceptors (Lipinski definition) is 9. The molecule has 0 amide bonds. The van der Waals surface area contributed by atoms with Crippen molar-refractivity contribution in [2.24, 2.45) is 52.3 Å². The van der Waals surface area contributed by atoms with Crippen molar-refractivity contribution in [3.8, 4) is 0 Å². The van der Waals surface area contributed by atoms with Crippen LogP contribution in [0.1, 0.15) is 85.5 Å². The molecule has 234 valence electrons. The van der Waals surface area contributed by atoms with Crippen molar-refractivity contribution in [3.05, 3.63) is 0 Å². The Morgan fingerprint density at radius 1 is 0.800 bits per heavy atom. The van der Waals surface area contributed by atoms with E-state index in [1.54, 1.807) is 0 Å². The van der Waals surface area contributed by atoms with Crippen LogP contribution in [0.4, 0.5) is 0 Å². The molecule has 4 aliphatic rings. The van der Waals surface area contributed by atoms with Gasteiger partial charge in [0.25, 0.3) is 0 Å². The van der Waals surface area contributed by atoms with Crippen LogP contribution >= 0.6 is 0 Å². The standard InChI is InChI=1S/C25H44O12S3/c1-5-17-21-14-16(36-39(29,30)31)8-11-25(21,4)20-9-12-24(3)18(15(2)10-13-35-38(26,27)28)6-7-19(24)22(20)23(17)37-40(32,33)34/h15-23H,5-14H2,1-4H3,(H,26,27,28)(H,29,30,31)(H,32,33,34)/t15-,16-,17-,18-,19+,20+,21+,22+,23-,24-,25-/m1/s1. The summed E-state index contributed by atoms with van der Waals surface area (Å²) < 4.78 is 113. The van der Waals surface area contributed by atoms with E-state index in [1.165, 1.54) is 0 Å². The van der Waals surface area contributed by atoms with Crippen LogP contribution < -0.4 is 0 Å². The molecule has 0 heterocycles. The number of hydrogen-bond donors (Lipinski definition) is 3. The molecule has 15 heteroatoms. The third kappa shape index (κ3) is 6.57. The molecule has 0 radical (unpaired) electrons. The van der Waals surface area contributed by atoms with Crippen LogP contribution in [0.3, 0.4) is 0 Å². The zero-order valence-electron chi connectivity index (χ0n) is 23.5. The van der Waals surface area contributed by atoms with Gasteiger partial charge in [-0.05, 0) is 104 Å². The lowest BCUT2D eigenvalue weighted by atomic mass is 9.41. The Bertz CT molecular complexity index is 1250. The fourth-order valence-electron chi connectivity index (χ4n) is 9.96. The van der Waals surface area contributed by atoms with E-state index in [4.69, 9.17) is 12.9 Å². The van der Waals surface area contributed by atoms with Crippen molar-refractivity contribution >= 4 is 31.2 Å². The van der Waals surface area contributed by atoms with Gasteiger partial charge >= 0.3 is 31.2 Å². The molecule has 0 aromatic rings. The molecule has 11 atom stereocenters. The summed E-state index contributed by atoms with van der Waals surface area (Å²) in [6, 6.07) is 0. The second kappa shape index (κ2) is 11.3. The average molecular weight is 633 g/mol. The largest absolute Gasteiger partial charge is 0.397 e. The maximum atomic E-state index is 12.2. The molecule has 4 rings (SSSR count). The molecule has 0 aromatic carbocycles. The van der Waals surface area contributed by atoms with Crippen LogP contribution in [0.2, 0.25) is 0 Å². The summed E-state index contributed by atoms with van der Waals surface area (Å²) in [7, 11) is -13.9. The fourth-order valence-corrected chi connectivity index (χ4v) is 11.3. The Labute approximate surface area is 238 Å². The summed E-state index contributed by atoms with van der Waals surface area (Å²) in [5, 5.41) is 0. The zero-order chi connectivity index (χ0) is 29.9. The van der Waals surface area contributed by atoms with Crippen molar-refractivity contribution in [2.45, 2.75) is 97.7 Å². The number of fused-ring (bicyclic) bond motifs is 5. The Kier molecular flexibility index (Phi) is 9.16. The van der Waals surface area contributed by atoms with E-state index in [9.17, 15) is 34.4 Å². The maximum absolute atomic E-state index is 12.2. The smallest absolute Gasteiger partial charge is 0.264 e. The van der Waals surface area contributed by atoms with Gasteiger partial charge in [-0.2, -0.15) is 25.3 Å². The summed E-state index contributed by atoms with van der Waals surface area (Å²) in [5.74, 6) is -0.0833. The van der Waals surface area contributed by atoms with Crippen LogP contribution in [0.15, 0.2) is 0 Å². The van der Waals surface area contributed by atoms with Gasteiger partial charge in [-0.15, -0.1) is 0 Å². The lowest BCUT2D eigenvalue weighted by molar-refractivity contribution is -0.195. The lowest BCUT2D eigenvalue weighted by Gasteiger charge is -2.65. The first-order valence-corrected chi connectivity index (χ1v) is 18.3. The SMILES string of the molecule is CC[C@H]1[C@@H](OS(=O)(=O)O)[C@@H]2[C@H](CC[C@]3(C)[C@@H]([C@H](C)CCOS(=O)(=O)O)CC[C@@H]23)[C@@]2(C)CC[C@@H](OS(=O)(=O)O)C[C@@H]12. The zero-order valence-corrected chi connectivity index (χ0v) is 26.0. The van der Waals surface area contributed by atoms with Gasteiger partial charge in [0.05, 0.1) is 18.8 Å². The van der Waals surface area contributed by atoms with Crippen molar-refractivity contribution in [1.82, 2.24) is 0 Å². The van der Waals surface area contributed by atoms with Crippen molar-refractivity contribution in [1.29, 1.82) is 0 Å². The highest BCUT2D eigenvalue weighted by molar-refractivity contribution is 7.81. The van der Waals surface area contributed by atoms with Gasteiger partial charge in [0.2, 0.25) is 0 Å². The molecule has 0 aromatic heterocycles. The molecule has 4 fully saturated rings. The molecule has 0 aliphatic heterocycles. The first-order valence-electron chi connectivity index (χ1n) is 14.2. The summed E-state index contributed by atoms with van der Waals surface area (Å²) in [6.45, 7) is 8.30. The van der Waals surface area contributed by atoms with Gasteiger partial charge in [0.15, 0.2) is 0 Å². The van der Waals surface area contributed by atoms with E-state index < -0.39 is 43.4 Å². The first-order chi connectivity index (χ1) is 18.3. The van der Waals surface area contributed by atoms with E-state index >= 15 is 0 Å². The van der Waals surface area contributed by atoms with Crippen molar-refractivity contribution in [2.75, 3.05) is 6.61 Å². The first kappa shape index (κ1) is 32.5. The second-order valence-corrected chi connectivity index (χ2v) is 16.3. The van der Waals surface area contributed by atoms with Crippen LogP contribution in [0.5, 0.6) is 0 Å². The molecule has 0 saturated heterocycles. The van der Waals surface area contributed by atoms with Gasteiger partial charge in [-0.3, -0.25) is 13.7 Å². The predicted molar refractivity (Wildman–Crippen MR) is 144 cm³/mol. The Balaban J connectivity index is 1.66. The lowest BCUT2D eigenvalue weighted by Crippen LogP contribution is -2.63. The van der Waals surface area contributed by atoms with Gasteiger partial charge in [0.1, 0.15) is 0 Å². The van der Waals surface area contributed by atoms with Crippen LogP contribution in [-0.2, 0) is 43.7 Å². The highest BCUT2D eigenvalue weighted by Crippen LogP contribution is 2.70. The summed E-state index contributed by atoms with van der Waals surface area (Å²) in [4.78, 5) is 0. The van der Waals surface area contributed by atoms with Gasteiger partial charge in [0, 0.05) is 0 Å². The molecule has 0 unspecified atom stereocenters. The van der Waals surface area contributed by atoms with Crippen LogP contribution in [-0.4, -0.2) is 57.7 Å². The van der Waals surface area contributed by atoms with E-state index in [1.807, 2.05) is 13.8 Å². The molecular weight excluding hydrogens is 588 g/mol. The minimum atomic E-state index is -4.79. The molecule has 4 aliphatic carbocycles. The third-order valence-electron chi connectivity index (χ3n) is 11.4. The van der Waals surface area contributed by atoms with Gasteiger partial charge in [-0.1, -0.05) is 34.1 Å². The van der Waals surface area contributed by atoms with E-state index in [2.05, 4.69) is 18.0 Å². The number of rotatable bonds is 10. The monoisotopic (exact) mass is 632 g/mol. The minimum Gasteiger partial charge on any atom is -0.264 e. The molecular formula is C25H44O12S3. The highest BCUT2D eigenvalue weighted by atomic mass is 32.3.